The van der Waals surface area contributed by atoms with Crippen molar-refractivity contribution >= 4 is 25.4 Å². The third kappa shape index (κ3) is 4.60. The van der Waals surface area contributed by atoms with Crippen molar-refractivity contribution in [2.75, 3.05) is 13.2 Å². The van der Waals surface area contributed by atoms with Crippen LogP contribution in [0, 0.1) is 0 Å². The van der Waals surface area contributed by atoms with Gasteiger partial charge in [-0.3, -0.25) is 0 Å². The Hall–Kier alpha value is -1.51. The zero-order valence-electron chi connectivity index (χ0n) is 16.0. The molecule has 0 unspecified atom stereocenters. The Labute approximate surface area is 159 Å². The van der Waals surface area contributed by atoms with E-state index in [0.29, 0.717) is 31.2 Å². The Kier molecular flexibility index (Phi) is 5.94. The van der Waals surface area contributed by atoms with Gasteiger partial charge in [0.1, 0.15) is 23.0 Å². The second-order valence-corrected chi connectivity index (χ2v) is 14.4. The summed E-state index contributed by atoms with van der Waals surface area (Å²) in [4.78, 5) is 18.4. The molecule has 2 aromatic heterocycles. The fourth-order valence-corrected chi connectivity index (χ4v) is 4.74. The first-order valence-corrected chi connectivity index (χ1v) is 13.7. The first-order chi connectivity index (χ1) is 12.4. The largest absolute Gasteiger partial charge is 0.462 e. The third-order valence-electron chi connectivity index (χ3n) is 4.28. The number of ether oxygens (including phenoxy) is 2. The van der Waals surface area contributed by atoms with E-state index in [1.165, 1.54) is 11.3 Å². The number of hydrogen-bond donors (Lipinski definition) is 0. The number of carbonyl (C=O) groups excluding carboxylic acids is 1. The SMILES string of the molecule is CCOC(=O)c1cn(COCC[Si](C)(C)C)nc1-c1nc2c(s1)CCC2. The van der Waals surface area contributed by atoms with E-state index in [0.717, 1.165) is 29.6 Å². The van der Waals surface area contributed by atoms with Gasteiger partial charge in [0.2, 0.25) is 0 Å². The summed E-state index contributed by atoms with van der Waals surface area (Å²) in [6.07, 6.45) is 4.97. The van der Waals surface area contributed by atoms with Gasteiger partial charge >= 0.3 is 5.97 Å². The van der Waals surface area contributed by atoms with E-state index in [-0.39, 0.29) is 5.97 Å². The quantitative estimate of drug-likeness (QED) is 0.385. The number of nitrogens with zero attached hydrogens (tertiary/aromatic N) is 3. The number of esters is 1. The highest BCUT2D eigenvalue weighted by molar-refractivity contribution is 7.15. The molecule has 1 aliphatic rings. The molecule has 0 spiro atoms. The maximum absolute atomic E-state index is 12.4. The predicted molar refractivity (Wildman–Crippen MR) is 105 cm³/mol. The molecule has 6 nitrogen and oxygen atoms in total. The number of aryl methyl sites for hydroxylation is 2. The topological polar surface area (TPSA) is 66.2 Å². The van der Waals surface area contributed by atoms with E-state index in [4.69, 9.17) is 14.5 Å². The molecule has 0 radical (unpaired) electrons. The van der Waals surface area contributed by atoms with E-state index in [1.807, 2.05) is 0 Å². The summed E-state index contributed by atoms with van der Waals surface area (Å²) < 4.78 is 12.6. The van der Waals surface area contributed by atoms with E-state index in [9.17, 15) is 4.79 Å². The maximum atomic E-state index is 12.4. The minimum Gasteiger partial charge on any atom is -0.462 e. The lowest BCUT2D eigenvalue weighted by atomic mass is 10.2. The van der Waals surface area contributed by atoms with Crippen molar-refractivity contribution < 1.29 is 14.3 Å². The summed E-state index contributed by atoms with van der Waals surface area (Å²) in [6.45, 7) is 10.2. The van der Waals surface area contributed by atoms with Gasteiger partial charge in [-0.15, -0.1) is 11.3 Å². The number of fused-ring (bicyclic) bond motifs is 1. The second kappa shape index (κ2) is 8.02. The maximum Gasteiger partial charge on any atom is 0.342 e. The van der Waals surface area contributed by atoms with E-state index < -0.39 is 8.07 Å². The zero-order valence-corrected chi connectivity index (χ0v) is 17.8. The van der Waals surface area contributed by atoms with Gasteiger partial charge in [0.15, 0.2) is 0 Å². The fourth-order valence-electron chi connectivity index (χ4n) is 2.83. The van der Waals surface area contributed by atoms with Crippen molar-refractivity contribution in [3.05, 3.63) is 22.3 Å². The summed E-state index contributed by atoms with van der Waals surface area (Å²) in [5, 5.41) is 5.38. The molecule has 0 fully saturated rings. The Morgan fingerprint density at radius 3 is 2.85 bits per heavy atom. The van der Waals surface area contributed by atoms with Crippen molar-refractivity contribution in [2.24, 2.45) is 0 Å². The van der Waals surface area contributed by atoms with Gasteiger partial charge in [-0.05, 0) is 32.2 Å². The molecule has 1 aliphatic carbocycles. The van der Waals surface area contributed by atoms with Crippen LogP contribution in [0.5, 0.6) is 0 Å². The average Bonchev–Trinajstić information content (AvgIpc) is 3.24. The number of thiazole rings is 1. The van der Waals surface area contributed by atoms with Crippen molar-refractivity contribution in [3.8, 4) is 10.7 Å². The summed E-state index contributed by atoms with van der Waals surface area (Å²) in [5.74, 6) is -0.355. The molecule has 0 saturated carbocycles. The highest BCUT2D eigenvalue weighted by Crippen LogP contribution is 2.34. The van der Waals surface area contributed by atoms with E-state index in [2.05, 4.69) is 24.7 Å². The normalized spacial score (nSPS) is 13.8. The molecule has 0 aromatic carbocycles. The first-order valence-electron chi connectivity index (χ1n) is 9.18. The second-order valence-electron chi connectivity index (χ2n) is 7.74. The van der Waals surface area contributed by atoms with Crippen molar-refractivity contribution in [1.82, 2.24) is 14.8 Å². The van der Waals surface area contributed by atoms with Gasteiger partial charge in [0.25, 0.3) is 0 Å². The van der Waals surface area contributed by atoms with Gasteiger partial charge in [0, 0.05) is 25.8 Å². The lowest BCUT2D eigenvalue weighted by molar-refractivity contribution is 0.0525. The van der Waals surface area contributed by atoms with Crippen LogP contribution in [0.25, 0.3) is 10.7 Å². The highest BCUT2D eigenvalue weighted by Gasteiger charge is 2.25. The monoisotopic (exact) mass is 393 g/mol. The Balaban J connectivity index is 1.77. The van der Waals surface area contributed by atoms with Crippen molar-refractivity contribution in [3.63, 3.8) is 0 Å². The molecular formula is C18H27N3O3SSi. The van der Waals surface area contributed by atoms with E-state index >= 15 is 0 Å². The highest BCUT2D eigenvalue weighted by atomic mass is 32.1. The summed E-state index contributed by atoms with van der Waals surface area (Å²) in [6, 6.07) is 1.10. The Morgan fingerprint density at radius 1 is 1.35 bits per heavy atom. The zero-order chi connectivity index (χ0) is 18.7. The van der Waals surface area contributed by atoms with Crippen LogP contribution in [0.2, 0.25) is 25.7 Å². The van der Waals surface area contributed by atoms with Crippen LogP contribution >= 0.6 is 11.3 Å². The van der Waals surface area contributed by atoms with Crippen LogP contribution in [0.3, 0.4) is 0 Å². The summed E-state index contributed by atoms with van der Waals surface area (Å²) in [7, 11) is -1.12. The number of aromatic nitrogens is 3. The minimum absolute atomic E-state index is 0.335. The van der Waals surface area contributed by atoms with Crippen molar-refractivity contribution in [1.29, 1.82) is 0 Å². The molecule has 2 aromatic rings. The molecule has 26 heavy (non-hydrogen) atoms. The predicted octanol–water partition coefficient (Wildman–Crippen LogP) is 3.98. The van der Waals surface area contributed by atoms with E-state index in [1.54, 1.807) is 29.1 Å². The van der Waals surface area contributed by atoms with Crippen LogP contribution in [0.1, 0.15) is 34.3 Å². The molecule has 8 heteroatoms. The third-order valence-corrected chi connectivity index (χ3v) is 7.14. The molecule has 142 valence electrons. The van der Waals surface area contributed by atoms with Gasteiger partial charge in [-0.25, -0.2) is 14.5 Å². The standard InChI is InChI=1S/C18H27N3O3SSi/c1-5-24-18(22)13-11-21(12-23-9-10-26(2,3)4)20-16(13)17-19-14-7-6-8-15(14)25-17/h11H,5-10,12H2,1-4H3. The van der Waals surface area contributed by atoms with Gasteiger partial charge in [-0.1, -0.05) is 19.6 Å². The molecule has 0 atom stereocenters. The molecule has 0 N–H and O–H groups in total. The molecule has 0 amide bonds. The van der Waals surface area contributed by atoms with Crippen LogP contribution in [0.15, 0.2) is 6.20 Å². The Morgan fingerprint density at radius 2 is 2.15 bits per heavy atom. The number of carbonyl (C=O) groups is 1. The Bertz CT molecular complexity index is 758. The van der Waals surface area contributed by atoms with Crippen LogP contribution in [-0.2, 0) is 29.0 Å². The number of rotatable bonds is 8. The molecule has 0 aliphatic heterocycles. The van der Waals surface area contributed by atoms with Crippen LogP contribution in [0.4, 0.5) is 0 Å². The van der Waals surface area contributed by atoms with Crippen molar-refractivity contribution in [2.45, 2.75) is 58.6 Å². The summed E-state index contributed by atoms with van der Waals surface area (Å²) in [5.41, 5.74) is 2.23. The molecule has 0 saturated heterocycles. The van der Waals surface area contributed by atoms with Crippen LogP contribution in [-0.4, -0.2) is 42.0 Å². The van der Waals surface area contributed by atoms with Gasteiger partial charge in [-0.2, -0.15) is 5.10 Å². The number of hydrogen-bond acceptors (Lipinski definition) is 6. The lowest BCUT2D eigenvalue weighted by Crippen LogP contribution is -2.22. The minimum atomic E-state index is -1.12. The van der Waals surface area contributed by atoms with Gasteiger partial charge < -0.3 is 9.47 Å². The van der Waals surface area contributed by atoms with Crippen LogP contribution < -0.4 is 0 Å². The first kappa shape index (κ1) is 19.3. The summed E-state index contributed by atoms with van der Waals surface area (Å²) >= 11 is 1.64. The van der Waals surface area contributed by atoms with Gasteiger partial charge in [0.05, 0.1) is 12.3 Å². The smallest absolute Gasteiger partial charge is 0.342 e. The molecule has 3 rings (SSSR count). The molecule has 0 bridgehead atoms. The molecular weight excluding hydrogens is 366 g/mol. The molecule has 2 heterocycles. The average molecular weight is 394 g/mol. The lowest BCUT2D eigenvalue weighted by Gasteiger charge is -2.15. The fraction of sp³-hybridized carbons (Fsp3) is 0.611.